The molecule has 0 saturated heterocycles. The summed E-state index contributed by atoms with van der Waals surface area (Å²) in [5.41, 5.74) is 3.97. The Morgan fingerprint density at radius 3 is 2.26 bits per heavy atom. The third-order valence-corrected chi connectivity index (χ3v) is 3.85. The highest BCUT2D eigenvalue weighted by molar-refractivity contribution is 6.55. The van der Waals surface area contributed by atoms with Crippen molar-refractivity contribution in [3.05, 3.63) is 44.5 Å². The van der Waals surface area contributed by atoms with E-state index >= 15 is 0 Å². The van der Waals surface area contributed by atoms with Crippen molar-refractivity contribution < 1.29 is 14.3 Å². The average Bonchev–Trinajstić information content (AvgIpc) is 2.50. The van der Waals surface area contributed by atoms with Crippen LogP contribution < -0.4 is 15.0 Å². The fourth-order valence-electron chi connectivity index (χ4n) is 2.11. The normalized spacial score (nSPS) is 11.9. The molecular weight excluding hydrogens is 432 g/mol. The van der Waals surface area contributed by atoms with Gasteiger partial charge in [0.25, 0.3) is 0 Å². The number of allylic oxidation sites excluding steroid dienone is 2. The van der Waals surface area contributed by atoms with Crippen LogP contribution in [0.3, 0.4) is 0 Å². The van der Waals surface area contributed by atoms with Crippen LogP contribution in [0.4, 0.5) is 0 Å². The quantitative estimate of drug-likeness (QED) is 0.306. The van der Waals surface area contributed by atoms with Gasteiger partial charge in [0.05, 0.1) is 23.3 Å². The Hall–Kier alpha value is -0.780. The number of ether oxygens (including phenoxy) is 2. The van der Waals surface area contributed by atoms with Crippen LogP contribution in [0.15, 0.2) is 34.5 Å². The van der Waals surface area contributed by atoms with Gasteiger partial charge in [-0.15, -0.1) is 0 Å². The molecule has 0 aliphatic heterocycles. The Morgan fingerprint density at radius 2 is 1.70 bits per heavy atom. The molecule has 0 saturated carbocycles. The Balaban J connectivity index is 2.40. The second kappa shape index (κ2) is 11.9. The molecule has 0 heterocycles. The van der Waals surface area contributed by atoms with Gasteiger partial charge >= 0.3 is 0 Å². The van der Waals surface area contributed by atoms with Crippen molar-refractivity contribution in [2.24, 2.45) is 5.41 Å². The van der Waals surface area contributed by atoms with E-state index in [9.17, 15) is 0 Å². The Kier molecular flexibility index (Phi) is 10.7. The third-order valence-electron chi connectivity index (χ3n) is 2.98. The summed E-state index contributed by atoms with van der Waals surface area (Å²) in [6.07, 6.45) is 4.28. The molecule has 27 heavy (non-hydrogen) atoms. The lowest BCUT2D eigenvalue weighted by atomic mass is 9.96. The van der Waals surface area contributed by atoms with E-state index in [4.69, 9.17) is 60.7 Å². The summed E-state index contributed by atoms with van der Waals surface area (Å²) in [6.45, 7) is 9.44. The lowest BCUT2D eigenvalue weighted by molar-refractivity contribution is 0.0534. The van der Waals surface area contributed by atoms with Crippen molar-refractivity contribution in [2.75, 3.05) is 19.8 Å². The predicted molar refractivity (Wildman–Crippen MR) is 114 cm³/mol. The summed E-state index contributed by atoms with van der Waals surface area (Å²) in [4.78, 5) is 5.41. The van der Waals surface area contributed by atoms with Crippen LogP contribution in [0.2, 0.25) is 10.0 Å². The predicted octanol–water partition coefficient (Wildman–Crippen LogP) is 6.93. The van der Waals surface area contributed by atoms with Crippen molar-refractivity contribution in [3.63, 3.8) is 0 Å². The molecule has 0 bridgehead atoms. The smallest absolute Gasteiger partial charge is 0.156 e. The van der Waals surface area contributed by atoms with Crippen LogP contribution in [-0.2, 0) is 4.84 Å². The molecule has 152 valence electrons. The molecule has 0 atom stereocenters. The lowest BCUT2D eigenvalue weighted by Crippen LogP contribution is -2.16. The van der Waals surface area contributed by atoms with Gasteiger partial charge in [-0.05, 0) is 18.4 Å². The molecule has 0 unspecified atom stereocenters. The van der Waals surface area contributed by atoms with Gasteiger partial charge in [0.15, 0.2) is 5.75 Å². The van der Waals surface area contributed by atoms with Gasteiger partial charge in [-0.2, -0.15) is 0 Å². The Bertz CT molecular complexity index is 642. The van der Waals surface area contributed by atoms with Gasteiger partial charge in [-0.1, -0.05) is 73.3 Å². The van der Waals surface area contributed by atoms with Crippen LogP contribution in [0, 0.1) is 5.41 Å². The van der Waals surface area contributed by atoms with Crippen LogP contribution in [-0.4, -0.2) is 19.8 Å². The first kappa shape index (κ1) is 24.3. The molecule has 1 N–H and O–H groups in total. The summed E-state index contributed by atoms with van der Waals surface area (Å²) in [7, 11) is 0. The van der Waals surface area contributed by atoms with Gasteiger partial charge in [0, 0.05) is 24.3 Å². The topological polar surface area (TPSA) is 39.7 Å². The molecule has 0 fully saturated rings. The molecular formula is C19H25Cl4NO3. The maximum Gasteiger partial charge on any atom is 0.156 e. The van der Waals surface area contributed by atoms with E-state index in [1.165, 1.54) is 6.08 Å². The molecule has 0 spiro atoms. The van der Waals surface area contributed by atoms with Crippen LogP contribution in [0.25, 0.3) is 0 Å². The van der Waals surface area contributed by atoms with Gasteiger partial charge in [-0.25, -0.2) is 0 Å². The highest BCUT2D eigenvalue weighted by Crippen LogP contribution is 2.37. The zero-order chi connectivity index (χ0) is 20.4. The summed E-state index contributed by atoms with van der Waals surface area (Å²) in [5, 5.41) is 0.725. The van der Waals surface area contributed by atoms with Gasteiger partial charge in [0.1, 0.15) is 16.8 Å². The lowest BCUT2D eigenvalue weighted by Gasteiger charge is -2.15. The summed E-state index contributed by atoms with van der Waals surface area (Å²) in [6, 6.07) is 3.24. The molecule has 0 radical (unpaired) electrons. The summed E-state index contributed by atoms with van der Waals surface area (Å²) in [5.74, 6) is 0.908. The second-order valence-electron chi connectivity index (χ2n) is 6.87. The summed E-state index contributed by atoms with van der Waals surface area (Å²) < 4.78 is 11.2. The first-order chi connectivity index (χ1) is 12.6. The molecule has 0 amide bonds. The molecule has 8 heteroatoms. The van der Waals surface area contributed by atoms with Crippen LogP contribution in [0.5, 0.6) is 11.5 Å². The minimum atomic E-state index is 0.0967. The Morgan fingerprint density at radius 1 is 1.07 bits per heavy atom. The number of hydrogen-bond acceptors (Lipinski definition) is 4. The largest absolute Gasteiger partial charge is 0.490 e. The number of hydroxylamine groups is 1. The number of halogens is 4. The average molecular weight is 457 g/mol. The standard InChI is InChI=1S/C19H25Cl4NO3/c1-13(12-19(2,3)4)24-27-8-5-7-26-18-15(20)10-14(11-16(18)21)25-9-6-17(22)23/h6,10-12,24H,5,7-9H2,1-4H3. The molecule has 0 aromatic heterocycles. The van der Waals surface area contributed by atoms with E-state index in [0.717, 1.165) is 5.70 Å². The van der Waals surface area contributed by atoms with E-state index in [-0.39, 0.29) is 16.5 Å². The van der Waals surface area contributed by atoms with Gasteiger partial charge < -0.3 is 9.47 Å². The van der Waals surface area contributed by atoms with E-state index in [1.54, 1.807) is 12.1 Å². The fraction of sp³-hybridized carbons (Fsp3) is 0.474. The second-order valence-corrected chi connectivity index (χ2v) is 8.69. The van der Waals surface area contributed by atoms with E-state index in [1.807, 2.05) is 6.92 Å². The van der Waals surface area contributed by atoms with Crippen molar-refractivity contribution in [3.8, 4) is 11.5 Å². The van der Waals surface area contributed by atoms with Crippen molar-refractivity contribution in [2.45, 2.75) is 34.1 Å². The van der Waals surface area contributed by atoms with Crippen molar-refractivity contribution >= 4 is 46.4 Å². The van der Waals surface area contributed by atoms with Crippen molar-refractivity contribution in [1.29, 1.82) is 0 Å². The van der Waals surface area contributed by atoms with Crippen LogP contribution >= 0.6 is 46.4 Å². The summed E-state index contributed by atoms with van der Waals surface area (Å²) >= 11 is 23.5. The number of hydrogen-bond donors (Lipinski definition) is 1. The molecule has 0 aliphatic rings. The molecule has 1 aromatic rings. The zero-order valence-electron chi connectivity index (χ0n) is 15.9. The maximum absolute atomic E-state index is 6.21. The molecule has 0 aliphatic carbocycles. The van der Waals surface area contributed by atoms with E-state index in [0.29, 0.717) is 41.2 Å². The number of rotatable bonds is 10. The molecule has 1 aromatic carbocycles. The van der Waals surface area contributed by atoms with Gasteiger partial charge in [0.2, 0.25) is 0 Å². The van der Waals surface area contributed by atoms with E-state index < -0.39 is 0 Å². The minimum Gasteiger partial charge on any atom is -0.490 e. The first-order valence-electron chi connectivity index (χ1n) is 8.41. The number of nitrogens with one attached hydrogen (secondary N) is 1. The molecule has 1 rings (SSSR count). The highest BCUT2D eigenvalue weighted by Gasteiger charge is 2.11. The Labute approximate surface area is 181 Å². The minimum absolute atomic E-state index is 0.0967. The molecule has 4 nitrogen and oxygen atoms in total. The van der Waals surface area contributed by atoms with Crippen molar-refractivity contribution in [1.82, 2.24) is 5.48 Å². The van der Waals surface area contributed by atoms with E-state index in [2.05, 4.69) is 32.3 Å². The first-order valence-corrected chi connectivity index (χ1v) is 9.93. The number of benzene rings is 1. The maximum atomic E-state index is 6.21. The highest BCUT2D eigenvalue weighted by atomic mass is 35.5. The zero-order valence-corrected chi connectivity index (χ0v) is 18.9. The SMILES string of the molecule is CC(=CC(C)(C)C)NOCCCOc1c(Cl)cc(OCC=C(Cl)Cl)cc1Cl. The third kappa shape index (κ3) is 11.0. The van der Waals surface area contributed by atoms with Crippen LogP contribution in [0.1, 0.15) is 34.1 Å². The van der Waals surface area contributed by atoms with Gasteiger partial charge in [-0.3, -0.25) is 10.3 Å². The monoisotopic (exact) mass is 455 g/mol. The fourth-order valence-corrected chi connectivity index (χ4v) is 2.81.